The molecule has 0 saturated carbocycles. The molecule has 0 saturated heterocycles. The van der Waals surface area contributed by atoms with Crippen molar-refractivity contribution in [2.75, 3.05) is 5.32 Å². The number of halogens is 2. The van der Waals surface area contributed by atoms with E-state index >= 15 is 0 Å². The van der Waals surface area contributed by atoms with Crippen molar-refractivity contribution in [3.8, 4) is 0 Å². The van der Waals surface area contributed by atoms with E-state index in [0.717, 1.165) is 0 Å². The van der Waals surface area contributed by atoms with Crippen LogP contribution >= 0.6 is 23.2 Å². The highest BCUT2D eigenvalue weighted by atomic mass is 35.5. The van der Waals surface area contributed by atoms with Crippen LogP contribution in [0.5, 0.6) is 0 Å². The van der Waals surface area contributed by atoms with Gasteiger partial charge in [-0.15, -0.1) is 0 Å². The number of nitrogens with one attached hydrogen (secondary N) is 1. The maximum absolute atomic E-state index is 12.1. The molecular weight excluding hydrogens is 327 g/mol. The lowest BCUT2D eigenvalue weighted by Crippen LogP contribution is -2.15. The van der Waals surface area contributed by atoms with Crippen LogP contribution in [0.25, 0.3) is 0 Å². The van der Waals surface area contributed by atoms with Gasteiger partial charge in [0.15, 0.2) is 0 Å². The van der Waals surface area contributed by atoms with Gasteiger partial charge in [0.05, 0.1) is 32.6 Å². The maximum atomic E-state index is 12.1. The second kappa shape index (κ2) is 6.77. The number of amides is 1. The fourth-order valence-corrected chi connectivity index (χ4v) is 2.31. The largest absolute Gasteiger partial charge is 0.325 e. The minimum Gasteiger partial charge on any atom is -0.325 e. The molecule has 7 heteroatoms. The molecule has 5 nitrogen and oxygen atoms in total. The Labute approximate surface area is 137 Å². The SMILES string of the molecule is Cc1c(NC(=O)Cc2ccc(Cl)c(Cl)c2)cccc1[N+](=O)[O-]. The summed E-state index contributed by atoms with van der Waals surface area (Å²) in [5.74, 6) is -0.290. The number of nitrogens with zero attached hydrogens (tertiary/aromatic N) is 1. The number of rotatable bonds is 4. The summed E-state index contributed by atoms with van der Waals surface area (Å²) in [6.07, 6.45) is 0.0963. The molecule has 0 heterocycles. The average molecular weight is 339 g/mol. The topological polar surface area (TPSA) is 72.2 Å². The molecule has 114 valence electrons. The molecule has 0 atom stereocenters. The van der Waals surface area contributed by atoms with Gasteiger partial charge in [-0.25, -0.2) is 0 Å². The van der Waals surface area contributed by atoms with Crippen molar-refractivity contribution in [1.29, 1.82) is 0 Å². The molecule has 2 aromatic carbocycles. The molecule has 0 unspecified atom stereocenters. The van der Waals surface area contributed by atoms with Gasteiger partial charge < -0.3 is 5.32 Å². The van der Waals surface area contributed by atoms with E-state index in [9.17, 15) is 14.9 Å². The molecule has 0 fully saturated rings. The van der Waals surface area contributed by atoms with E-state index in [1.54, 1.807) is 31.2 Å². The normalized spacial score (nSPS) is 10.3. The molecule has 2 rings (SSSR count). The van der Waals surface area contributed by atoms with Gasteiger partial charge in [0.2, 0.25) is 5.91 Å². The molecule has 0 radical (unpaired) electrons. The molecule has 0 bridgehead atoms. The molecule has 0 aliphatic heterocycles. The van der Waals surface area contributed by atoms with Crippen LogP contribution in [0.3, 0.4) is 0 Å². The number of anilines is 1. The van der Waals surface area contributed by atoms with Crippen molar-refractivity contribution in [1.82, 2.24) is 0 Å². The molecular formula is C15H12Cl2N2O3. The first-order valence-corrected chi connectivity index (χ1v) is 7.12. The fourth-order valence-electron chi connectivity index (χ4n) is 1.99. The first-order valence-electron chi connectivity index (χ1n) is 6.36. The van der Waals surface area contributed by atoms with Crippen LogP contribution in [0, 0.1) is 17.0 Å². The smallest absolute Gasteiger partial charge is 0.274 e. The second-order valence-corrected chi connectivity index (χ2v) is 5.49. The Morgan fingerprint density at radius 1 is 1.23 bits per heavy atom. The number of hydrogen-bond acceptors (Lipinski definition) is 3. The lowest BCUT2D eigenvalue weighted by Gasteiger charge is -2.09. The number of hydrogen-bond donors (Lipinski definition) is 1. The zero-order valence-corrected chi connectivity index (χ0v) is 13.1. The summed E-state index contributed by atoms with van der Waals surface area (Å²) >= 11 is 11.7. The van der Waals surface area contributed by atoms with E-state index in [1.165, 1.54) is 12.1 Å². The van der Waals surface area contributed by atoms with Gasteiger partial charge in [0.25, 0.3) is 5.69 Å². The summed E-state index contributed by atoms with van der Waals surface area (Å²) in [6, 6.07) is 9.47. The summed E-state index contributed by atoms with van der Waals surface area (Å²) in [4.78, 5) is 22.5. The molecule has 1 amide bonds. The van der Waals surface area contributed by atoms with E-state index < -0.39 is 4.92 Å². The maximum Gasteiger partial charge on any atom is 0.274 e. The Balaban J connectivity index is 2.14. The van der Waals surface area contributed by atoms with Gasteiger partial charge in [-0.05, 0) is 30.7 Å². The van der Waals surface area contributed by atoms with Gasteiger partial charge >= 0.3 is 0 Å². The summed E-state index contributed by atoms with van der Waals surface area (Å²) < 4.78 is 0. The lowest BCUT2D eigenvalue weighted by molar-refractivity contribution is -0.385. The summed E-state index contributed by atoms with van der Waals surface area (Å²) in [7, 11) is 0. The third-order valence-electron chi connectivity index (χ3n) is 3.12. The molecule has 0 spiro atoms. The zero-order valence-electron chi connectivity index (χ0n) is 11.6. The standard InChI is InChI=1S/C15H12Cl2N2O3/c1-9-13(3-2-4-14(9)19(21)22)18-15(20)8-10-5-6-11(16)12(17)7-10/h2-7H,8H2,1H3,(H,18,20). The third kappa shape index (κ3) is 3.75. The van der Waals surface area contributed by atoms with Crippen molar-refractivity contribution in [2.24, 2.45) is 0 Å². The number of nitro groups is 1. The Bertz CT molecular complexity index is 748. The van der Waals surface area contributed by atoms with Crippen LogP contribution in [0.15, 0.2) is 36.4 Å². The fraction of sp³-hybridized carbons (Fsp3) is 0.133. The Kier molecular flexibility index (Phi) is 5.00. The number of nitro benzene ring substituents is 1. The van der Waals surface area contributed by atoms with E-state index in [1.807, 2.05) is 0 Å². The van der Waals surface area contributed by atoms with E-state index in [4.69, 9.17) is 23.2 Å². The minimum absolute atomic E-state index is 0.0349. The first kappa shape index (κ1) is 16.3. The van der Waals surface area contributed by atoms with Gasteiger partial charge in [0, 0.05) is 6.07 Å². The number of carbonyl (C=O) groups is 1. The van der Waals surface area contributed by atoms with Crippen molar-refractivity contribution >= 4 is 40.5 Å². The summed E-state index contributed by atoms with van der Waals surface area (Å²) in [5.41, 5.74) is 1.50. The van der Waals surface area contributed by atoms with Crippen LogP contribution in [0.1, 0.15) is 11.1 Å². The van der Waals surface area contributed by atoms with Gasteiger partial charge in [-0.2, -0.15) is 0 Å². The van der Waals surface area contributed by atoms with Crippen LogP contribution < -0.4 is 5.32 Å². The molecule has 22 heavy (non-hydrogen) atoms. The van der Waals surface area contributed by atoms with Crippen LogP contribution in [0.2, 0.25) is 10.0 Å². The third-order valence-corrected chi connectivity index (χ3v) is 3.86. The van der Waals surface area contributed by atoms with Crippen molar-refractivity contribution in [3.05, 3.63) is 67.7 Å². The van der Waals surface area contributed by atoms with Crippen LogP contribution in [-0.4, -0.2) is 10.8 Å². The average Bonchev–Trinajstić information content (AvgIpc) is 2.45. The quantitative estimate of drug-likeness (QED) is 0.663. The second-order valence-electron chi connectivity index (χ2n) is 4.68. The minimum atomic E-state index is -0.482. The molecule has 0 aromatic heterocycles. The Hall–Kier alpha value is -2.11. The van der Waals surface area contributed by atoms with Gasteiger partial charge in [-0.1, -0.05) is 35.3 Å². The monoisotopic (exact) mass is 338 g/mol. The highest BCUT2D eigenvalue weighted by Crippen LogP contribution is 2.26. The van der Waals surface area contributed by atoms with Crippen molar-refractivity contribution in [2.45, 2.75) is 13.3 Å². The molecule has 2 aromatic rings. The van der Waals surface area contributed by atoms with E-state index in [2.05, 4.69) is 5.32 Å². The lowest BCUT2D eigenvalue weighted by atomic mass is 10.1. The van der Waals surface area contributed by atoms with Gasteiger partial charge in [-0.3, -0.25) is 14.9 Å². The summed E-state index contributed by atoms with van der Waals surface area (Å²) in [5, 5.41) is 14.3. The highest BCUT2D eigenvalue weighted by Gasteiger charge is 2.15. The van der Waals surface area contributed by atoms with Gasteiger partial charge in [0.1, 0.15) is 0 Å². The van der Waals surface area contributed by atoms with E-state index in [-0.39, 0.29) is 18.0 Å². The highest BCUT2D eigenvalue weighted by molar-refractivity contribution is 6.42. The molecule has 0 aliphatic carbocycles. The number of carbonyl (C=O) groups excluding carboxylic acids is 1. The Morgan fingerprint density at radius 3 is 2.59 bits per heavy atom. The van der Waals surface area contributed by atoms with E-state index in [0.29, 0.717) is 26.9 Å². The van der Waals surface area contributed by atoms with Crippen molar-refractivity contribution in [3.63, 3.8) is 0 Å². The number of benzene rings is 2. The molecule has 0 aliphatic rings. The predicted octanol–water partition coefficient (Wildman–Crippen LogP) is 4.39. The Morgan fingerprint density at radius 2 is 1.95 bits per heavy atom. The van der Waals surface area contributed by atoms with Crippen LogP contribution in [-0.2, 0) is 11.2 Å². The molecule has 1 N–H and O–H groups in total. The zero-order chi connectivity index (χ0) is 16.3. The first-order chi connectivity index (χ1) is 10.4. The predicted molar refractivity (Wildman–Crippen MR) is 86.6 cm³/mol. The van der Waals surface area contributed by atoms with Crippen molar-refractivity contribution < 1.29 is 9.72 Å². The summed E-state index contributed by atoms with van der Waals surface area (Å²) in [6.45, 7) is 1.59. The van der Waals surface area contributed by atoms with Crippen LogP contribution in [0.4, 0.5) is 11.4 Å².